The molecule has 6 fully saturated rings. The fourth-order valence-corrected chi connectivity index (χ4v) is 18.7. The lowest BCUT2D eigenvalue weighted by Gasteiger charge is -2.58. The third-order valence-corrected chi connectivity index (χ3v) is 23.4. The summed E-state index contributed by atoms with van der Waals surface area (Å²) in [6.07, 6.45) is 11.8. The van der Waals surface area contributed by atoms with Gasteiger partial charge in [0.05, 0.1) is 63.3 Å². The molecule has 0 aromatic carbocycles. The van der Waals surface area contributed by atoms with Gasteiger partial charge in [0.2, 0.25) is 0 Å². The lowest BCUT2D eigenvalue weighted by molar-refractivity contribution is -0.157. The zero-order valence-corrected chi connectivity index (χ0v) is 55.1. The van der Waals surface area contributed by atoms with Gasteiger partial charge in [0.25, 0.3) is 0 Å². The zero-order valence-electron chi connectivity index (χ0n) is 53.4. The maximum atomic E-state index is 14.1. The summed E-state index contributed by atoms with van der Waals surface area (Å²) in [6.45, 7) is 10.8. The molecule has 9 N–H and O–H groups in total. The van der Waals surface area contributed by atoms with Crippen molar-refractivity contribution in [3.05, 3.63) is 49.6 Å². The summed E-state index contributed by atoms with van der Waals surface area (Å²) in [6, 6.07) is 0. The molecule has 3 saturated heterocycles. The molecule has 6 aromatic heterocycles. The number of fused-ring (bicyclic) bond motifs is 8. The molecule has 0 bridgehead atoms. The number of hydrogen-bond acceptors (Lipinski definition) is 26. The number of esters is 2. The number of allylic oxidation sites excluding steroid dienone is 1. The zero-order chi connectivity index (χ0) is 66.0. The first-order valence-corrected chi connectivity index (χ1v) is 35.7. The lowest BCUT2D eigenvalue weighted by atomic mass is 9.47. The first-order valence-electron chi connectivity index (χ1n) is 32.7. The van der Waals surface area contributed by atoms with Crippen molar-refractivity contribution in [3.8, 4) is 0 Å². The summed E-state index contributed by atoms with van der Waals surface area (Å²) in [5.41, 5.74) is 21.4. The number of carbonyl (C=O) groups is 2. The van der Waals surface area contributed by atoms with E-state index in [1.54, 1.807) is 0 Å². The topological polar surface area (TPSA) is 421 Å². The second-order valence-electron chi connectivity index (χ2n) is 27.6. The maximum Gasteiger partial charge on any atom is 0.472 e. The molecule has 13 rings (SSSR count). The minimum absolute atomic E-state index is 0.00717. The average molecular weight is 1350 g/mol. The maximum absolute atomic E-state index is 14.1. The molecule has 0 spiro atoms. The van der Waals surface area contributed by atoms with Crippen molar-refractivity contribution in [2.24, 2.45) is 46.3 Å². The molecular weight excluding hydrogens is 1260 g/mol. The number of aromatic nitrogens is 12. The molecule has 33 heteroatoms. The van der Waals surface area contributed by atoms with E-state index in [2.05, 4.69) is 85.6 Å². The van der Waals surface area contributed by atoms with Gasteiger partial charge < -0.3 is 55.8 Å². The molecular formula is C61H85N15O16P2. The fourth-order valence-electron chi connectivity index (χ4n) is 16.8. The predicted molar refractivity (Wildman–Crippen MR) is 335 cm³/mol. The number of hydrogen-bond donors (Lipinski definition) is 6. The van der Waals surface area contributed by atoms with Crippen molar-refractivity contribution < 1.29 is 75.4 Å². The van der Waals surface area contributed by atoms with Gasteiger partial charge in [-0.1, -0.05) is 65.5 Å². The molecule has 6 aromatic rings. The first kappa shape index (κ1) is 66.4. The van der Waals surface area contributed by atoms with Gasteiger partial charge in [-0.05, 0) is 91.3 Å². The Bertz CT molecular complexity index is 3890. The van der Waals surface area contributed by atoms with Crippen molar-refractivity contribution in [2.45, 2.75) is 199 Å². The summed E-state index contributed by atoms with van der Waals surface area (Å²) < 4.78 is 85.2. The van der Waals surface area contributed by atoms with E-state index < -0.39 is 96.1 Å². The van der Waals surface area contributed by atoms with Crippen molar-refractivity contribution in [2.75, 3.05) is 37.0 Å². The quantitative estimate of drug-likeness (QED) is 0.0191. The highest BCUT2D eigenvalue weighted by Crippen LogP contribution is 2.68. The van der Waals surface area contributed by atoms with E-state index >= 15 is 0 Å². The van der Waals surface area contributed by atoms with Crippen LogP contribution in [0.4, 0.5) is 17.5 Å². The molecule has 19 atom stereocenters. The number of nitrogen functional groups attached to an aromatic ring is 3. The Hall–Kier alpha value is -6.21. The van der Waals surface area contributed by atoms with Crippen molar-refractivity contribution in [1.82, 2.24) is 58.6 Å². The van der Waals surface area contributed by atoms with Gasteiger partial charge in [-0.3, -0.25) is 41.4 Å². The highest BCUT2D eigenvalue weighted by atomic mass is 31.2. The second kappa shape index (κ2) is 26.7. The standard InChI is InChI=1S/C61H85N15O16P2/c1-32(2)7-6-8-33(3)40-11-12-41-39-10-9-34-19-35(15-17-60(34,4)42(39)16-18-61(40,41)5)87-47(79)14-13-46(78)84-23-37-21-44(58(89-37)75-30-72-49-52(63)66-27-69-55(49)75)91-94(82,83)86-25-38-22-45(59(90-38)76-31-73-50-53(64)67-28-70-56(50)76)92-93(80,81)85-24-36-20-43(77)57(88-36)74-29-71-48-51(62)65-26-68-54(48)74/h9,26-33,35-45,57-59,77H,6-8,10-25H2,1-5H3,(H,80,81)(H,82,83)(H2,62,65,68)(H2,63,66,69)(H2,64,67,70)/t33?,35?,36-,37-,38-,39?,40?,41?,42?,43+,44+,45+,57+,58+,59+,60?,61?/m0/s1. The number of aliphatic hydroxyl groups excluding tert-OH is 1. The molecule has 3 saturated carbocycles. The van der Waals surface area contributed by atoms with Crippen LogP contribution in [0.2, 0.25) is 0 Å². The Morgan fingerprint density at radius 2 is 1.17 bits per heavy atom. The van der Waals surface area contributed by atoms with E-state index in [-0.39, 0.29) is 90.0 Å². The molecule has 510 valence electrons. The molecule has 31 nitrogen and oxygen atoms in total. The number of anilines is 3. The molecule has 0 radical (unpaired) electrons. The fraction of sp³-hybridized carbons (Fsp3) is 0.689. The van der Waals surface area contributed by atoms with Crippen molar-refractivity contribution in [3.63, 3.8) is 0 Å². The number of carbonyl (C=O) groups excluding carboxylic acids is 2. The molecule has 9 heterocycles. The van der Waals surface area contributed by atoms with Crippen LogP contribution in [0.15, 0.2) is 49.6 Å². The molecule has 3 aliphatic heterocycles. The monoisotopic (exact) mass is 1350 g/mol. The third kappa shape index (κ3) is 13.4. The van der Waals surface area contributed by atoms with Crippen LogP contribution in [0.1, 0.15) is 156 Å². The first-order chi connectivity index (χ1) is 44.9. The highest BCUT2D eigenvalue weighted by molar-refractivity contribution is 7.47. The Labute approximate surface area is 542 Å². The SMILES string of the molecule is CC(C)CCCC(C)C1CCC2C3CC=C4CC(OC(=O)CCC(=O)OC[C@@H]5C[C@@H](OP(=O)(O)OC[C@@H]6C[C@@H](OP(=O)(O)OC[C@@H]7C[C@@H](O)[C@H](n8cnc9c(N)ncnc98)O7)[C@H](n7cnc8c(N)ncnc87)O6)[C@H](n6cnc7c(N)ncnc76)O5)CCC4(C)C3CCC12C. The molecule has 7 aliphatic rings. The van der Waals surface area contributed by atoms with Crippen LogP contribution in [-0.2, 0) is 60.5 Å². The van der Waals surface area contributed by atoms with E-state index in [0.29, 0.717) is 34.8 Å². The molecule has 0 amide bonds. The van der Waals surface area contributed by atoms with E-state index in [4.69, 9.17) is 59.0 Å². The number of nitrogens with zero attached hydrogens (tertiary/aromatic N) is 12. The van der Waals surface area contributed by atoms with Crippen LogP contribution < -0.4 is 17.2 Å². The predicted octanol–water partition coefficient (Wildman–Crippen LogP) is 7.76. The van der Waals surface area contributed by atoms with Crippen LogP contribution in [0.5, 0.6) is 0 Å². The Kier molecular flexibility index (Phi) is 18.8. The lowest BCUT2D eigenvalue weighted by Crippen LogP contribution is -2.51. The Morgan fingerprint density at radius 3 is 1.73 bits per heavy atom. The van der Waals surface area contributed by atoms with Crippen molar-refractivity contribution in [1.29, 1.82) is 0 Å². The normalized spacial score (nSPS) is 33.3. The van der Waals surface area contributed by atoms with Gasteiger partial charge >= 0.3 is 27.6 Å². The van der Waals surface area contributed by atoms with E-state index in [1.807, 2.05) is 0 Å². The number of aliphatic hydroxyl groups is 1. The average Bonchev–Trinajstić information content (AvgIpc) is 1.32. The smallest absolute Gasteiger partial charge is 0.463 e. The number of imidazole rings is 3. The van der Waals surface area contributed by atoms with Gasteiger partial charge in [0.1, 0.15) is 66.6 Å². The summed E-state index contributed by atoms with van der Waals surface area (Å²) in [5.74, 6) is 3.44. The number of nitrogens with two attached hydrogens (primary N) is 3. The van der Waals surface area contributed by atoms with Gasteiger partial charge in [-0.15, -0.1) is 0 Å². The number of ether oxygens (including phenoxy) is 5. The van der Waals surface area contributed by atoms with Crippen LogP contribution in [-0.4, -0.2) is 148 Å². The highest BCUT2D eigenvalue weighted by Gasteiger charge is 2.59. The molecule has 94 heavy (non-hydrogen) atoms. The van der Waals surface area contributed by atoms with E-state index in [9.17, 15) is 33.6 Å². The molecule has 4 aliphatic carbocycles. The van der Waals surface area contributed by atoms with Crippen molar-refractivity contribution >= 4 is 78.5 Å². The van der Waals surface area contributed by atoms with Gasteiger partial charge in [0, 0.05) is 25.7 Å². The Balaban J connectivity index is 0.610. The van der Waals surface area contributed by atoms with Crippen LogP contribution in [0.3, 0.4) is 0 Å². The minimum Gasteiger partial charge on any atom is -0.463 e. The largest absolute Gasteiger partial charge is 0.472 e. The van der Waals surface area contributed by atoms with Gasteiger partial charge in [0.15, 0.2) is 53.1 Å². The van der Waals surface area contributed by atoms with Gasteiger partial charge in [-0.2, -0.15) is 0 Å². The minimum atomic E-state index is -5.09. The number of phosphoric ester groups is 2. The summed E-state index contributed by atoms with van der Waals surface area (Å²) in [7, 11) is -10.1. The Morgan fingerprint density at radius 1 is 0.649 bits per heavy atom. The van der Waals surface area contributed by atoms with E-state index in [0.717, 1.165) is 42.9 Å². The summed E-state index contributed by atoms with van der Waals surface area (Å²) in [4.78, 5) is 86.9. The number of rotatable bonds is 24. The van der Waals surface area contributed by atoms with Crippen LogP contribution >= 0.6 is 15.6 Å². The third-order valence-electron chi connectivity index (χ3n) is 21.3. The second-order valence-corrected chi connectivity index (χ2v) is 30.4. The summed E-state index contributed by atoms with van der Waals surface area (Å²) >= 11 is 0. The molecule has 10 unspecified atom stereocenters. The van der Waals surface area contributed by atoms with Crippen LogP contribution in [0, 0.1) is 46.3 Å². The van der Waals surface area contributed by atoms with Crippen LogP contribution in [0.25, 0.3) is 33.5 Å². The summed E-state index contributed by atoms with van der Waals surface area (Å²) in [5, 5.41) is 11.0. The number of phosphoric acid groups is 2. The van der Waals surface area contributed by atoms with E-state index in [1.165, 1.54) is 102 Å². The van der Waals surface area contributed by atoms with Gasteiger partial charge in [-0.25, -0.2) is 54.0 Å².